The Morgan fingerprint density at radius 1 is 1.04 bits per heavy atom. The van der Waals surface area contributed by atoms with Crippen LogP contribution in [0.5, 0.6) is 5.75 Å². The third-order valence-electron chi connectivity index (χ3n) is 4.64. The van der Waals surface area contributed by atoms with E-state index in [9.17, 15) is 8.78 Å². The second-order valence-corrected chi connectivity index (χ2v) is 6.79. The normalized spacial score (nSPS) is 15.2. The van der Waals surface area contributed by atoms with Crippen molar-refractivity contribution >= 4 is 0 Å². The highest BCUT2D eigenvalue weighted by atomic mass is 19.1. The van der Waals surface area contributed by atoms with Crippen molar-refractivity contribution in [1.82, 2.24) is 4.90 Å². The van der Waals surface area contributed by atoms with Crippen LogP contribution in [0.15, 0.2) is 30.3 Å². The fraction of sp³-hybridized carbons (Fsp3) is 0.429. The maximum atomic E-state index is 14.1. The van der Waals surface area contributed by atoms with Gasteiger partial charge in [0.05, 0.1) is 13.2 Å². The maximum Gasteiger partial charge on any atom is 0.126 e. The number of nitrogens with zero attached hydrogens (tertiary/aromatic N) is 1. The van der Waals surface area contributed by atoms with Gasteiger partial charge < -0.3 is 9.47 Å². The minimum atomic E-state index is -0.430. The second kappa shape index (κ2) is 8.60. The van der Waals surface area contributed by atoms with E-state index in [2.05, 4.69) is 11.0 Å². The Hall–Kier alpha value is -1.98. The zero-order chi connectivity index (χ0) is 18.5. The predicted octanol–water partition coefficient (Wildman–Crippen LogP) is 3.88. The van der Waals surface area contributed by atoms with Crippen molar-refractivity contribution in [2.45, 2.75) is 20.3 Å². The molecule has 0 atom stereocenters. The van der Waals surface area contributed by atoms with E-state index in [-0.39, 0.29) is 0 Å². The molecule has 26 heavy (non-hydrogen) atoms. The van der Waals surface area contributed by atoms with E-state index in [1.165, 1.54) is 12.1 Å². The topological polar surface area (TPSA) is 21.7 Å². The molecule has 1 aliphatic rings. The molecule has 0 aromatic heterocycles. The standard InChI is InChI=1S/C21H25F2NO2/c1-15-11-16(2)21(26-10-7-24-5-8-25-9-6-24)18(12-15)13-17-14-19(22)3-4-20(17)23/h3-4,11-12,14H,5-10,13H2,1-2H3. The summed E-state index contributed by atoms with van der Waals surface area (Å²) in [5.41, 5.74) is 3.32. The first-order valence-corrected chi connectivity index (χ1v) is 9.00. The van der Waals surface area contributed by atoms with Gasteiger partial charge in [-0.1, -0.05) is 17.7 Å². The molecule has 1 heterocycles. The number of hydrogen-bond donors (Lipinski definition) is 0. The van der Waals surface area contributed by atoms with Gasteiger partial charge in [0, 0.05) is 26.1 Å². The molecule has 2 aromatic carbocycles. The van der Waals surface area contributed by atoms with E-state index in [0.717, 1.165) is 61.4 Å². The van der Waals surface area contributed by atoms with Crippen LogP contribution in [0, 0.1) is 25.5 Å². The van der Waals surface area contributed by atoms with Crippen molar-refractivity contribution in [3.8, 4) is 5.75 Å². The molecule has 0 unspecified atom stereocenters. The second-order valence-electron chi connectivity index (χ2n) is 6.79. The summed E-state index contributed by atoms with van der Waals surface area (Å²) in [7, 11) is 0. The van der Waals surface area contributed by atoms with Crippen molar-refractivity contribution in [2.75, 3.05) is 39.5 Å². The van der Waals surface area contributed by atoms with E-state index >= 15 is 0 Å². The van der Waals surface area contributed by atoms with E-state index in [4.69, 9.17) is 9.47 Å². The Morgan fingerprint density at radius 2 is 1.81 bits per heavy atom. The van der Waals surface area contributed by atoms with Crippen molar-refractivity contribution in [1.29, 1.82) is 0 Å². The van der Waals surface area contributed by atoms with Gasteiger partial charge in [-0.15, -0.1) is 0 Å². The third kappa shape index (κ3) is 4.80. The minimum absolute atomic E-state index is 0.305. The smallest absolute Gasteiger partial charge is 0.126 e. The number of halogens is 2. The van der Waals surface area contributed by atoms with Crippen molar-refractivity contribution < 1.29 is 18.3 Å². The van der Waals surface area contributed by atoms with E-state index in [1.807, 2.05) is 19.9 Å². The van der Waals surface area contributed by atoms with Gasteiger partial charge in [-0.05, 0) is 48.7 Å². The van der Waals surface area contributed by atoms with Crippen LogP contribution in [0.3, 0.4) is 0 Å². The van der Waals surface area contributed by atoms with Crippen LogP contribution in [0.1, 0.15) is 22.3 Å². The van der Waals surface area contributed by atoms with Crippen LogP contribution < -0.4 is 4.74 Å². The summed E-state index contributed by atoms with van der Waals surface area (Å²) in [5, 5.41) is 0. The number of morpholine rings is 1. The summed E-state index contributed by atoms with van der Waals surface area (Å²) >= 11 is 0. The minimum Gasteiger partial charge on any atom is -0.492 e. The predicted molar refractivity (Wildman–Crippen MR) is 97.8 cm³/mol. The lowest BCUT2D eigenvalue weighted by Crippen LogP contribution is -2.38. The zero-order valence-electron chi connectivity index (χ0n) is 15.4. The van der Waals surface area contributed by atoms with Crippen LogP contribution in [0.2, 0.25) is 0 Å². The number of hydrogen-bond acceptors (Lipinski definition) is 3. The van der Waals surface area contributed by atoms with Crippen molar-refractivity contribution in [2.24, 2.45) is 0 Å². The Morgan fingerprint density at radius 3 is 2.58 bits per heavy atom. The van der Waals surface area contributed by atoms with E-state index < -0.39 is 11.6 Å². The zero-order valence-corrected chi connectivity index (χ0v) is 15.4. The van der Waals surface area contributed by atoms with Gasteiger partial charge in [0.25, 0.3) is 0 Å². The van der Waals surface area contributed by atoms with E-state index in [1.54, 1.807) is 0 Å². The fourth-order valence-corrected chi connectivity index (χ4v) is 3.37. The molecule has 0 saturated carbocycles. The van der Waals surface area contributed by atoms with Crippen LogP contribution in [0.25, 0.3) is 0 Å². The van der Waals surface area contributed by atoms with Gasteiger partial charge in [-0.3, -0.25) is 4.90 Å². The highest BCUT2D eigenvalue weighted by molar-refractivity contribution is 5.46. The molecule has 1 aliphatic heterocycles. The summed E-state index contributed by atoms with van der Waals surface area (Å²) in [6.07, 6.45) is 0.305. The molecule has 0 aliphatic carbocycles. The highest BCUT2D eigenvalue weighted by Gasteiger charge is 2.14. The molecule has 0 N–H and O–H groups in total. The molecule has 3 rings (SSSR count). The van der Waals surface area contributed by atoms with E-state index in [0.29, 0.717) is 18.6 Å². The molecule has 0 amide bonds. The monoisotopic (exact) mass is 361 g/mol. The first-order chi connectivity index (χ1) is 12.5. The van der Waals surface area contributed by atoms with Gasteiger partial charge in [-0.25, -0.2) is 8.78 Å². The summed E-state index contributed by atoms with van der Waals surface area (Å²) in [5.74, 6) is -0.0575. The molecule has 0 radical (unpaired) electrons. The largest absolute Gasteiger partial charge is 0.492 e. The van der Waals surface area contributed by atoms with Gasteiger partial charge in [0.1, 0.15) is 24.0 Å². The Labute approximate surface area is 153 Å². The van der Waals surface area contributed by atoms with Crippen LogP contribution in [-0.2, 0) is 11.2 Å². The molecule has 0 bridgehead atoms. The average Bonchev–Trinajstić information content (AvgIpc) is 2.61. The SMILES string of the molecule is Cc1cc(C)c(OCCN2CCOCC2)c(Cc2cc(F)ccc2F)c1. The Bertz CT molecular complexity index is 758. The molecule has 1 saturated heterocycles. The average molecular weight is 361 g/mol. The maximum absolute atomic E-state index is 14.1. The molecular weight excluding hydrogens is 336 g/mol. The molecule has 5 heteroatoms. The number of benzene rings is 2. The number of ether oxygens (including phenoxy) is 2. The Balaban J connectivity index is 1.75. The molecular formula is C21H25F2NO2. The summed E-state index contributed by atoms with van der Waals surface area (Å²) in [6, 6.07) is 7.60. The number of rotatable bonds is 6. The molecule has 3 nitrogen and oxygen atoms in total. The quantitative estimate of drug-likeness (QED) is 0.779. The molecule has 0 spiro atoms. The highest BCUT2D eigenvalue weighted by Crippen LogP contribution is 2.28. The van der Waals surface area contributed by atoms with Gasteiger partial charge >= 0.3 is 0 Å². The molecule has 2 aromatic rings. The van der Waals surface area contributed by atoms with Gasteiger partial charge in [-0.2, -0.15) is 0 Å². The Kier molecular flexibility index (Phi) is 6.22. The summed E-state index contributed by atoms with van der Waals surface area (Å²) in [6.45, 7) is 8.71. The molecule has 140 valence electrons. The van der Waals surface area contributed by atoms with Gasteiger partial charge in [0.15, 0.2) is 0 Å². The third-order valence-corrected chi connectivity index (χ3v) is 4.64. The van der Waals surface area contributed by atoms with Crippen LogP contribution >= 0.6 is 0 Å². The lowest BCUT2D eigenvalue weighted by Gasteiger charge is -2.26. The van der Waals surface area contributed by atoms with Crippen molar-refractivity contribution in [3.63, 3.8) is 0 Å². The van der Waals surface area contributed by atoms with Crippen molar-refractivity contribution in [3.05, 3.63) is 64.2 Å². The molecule has 1 fully saturated rings. The lowest BCUT2D eigenvalue weighted by atomic mass is 9.99. The van der Waals surface area contributed by atoms with Crippen LogP contribution in [-0.4, -0.2) is 44.4 Å². The van der Waals surface area contributed by atoms with Gasteiger partial charge in [0.2, 0.25) is 0 Å². The first-order valence-electron chi connectivity index (χ1n) is 9.00. The lowest BCUT2D eigenvalue weighted by molar-refractivity contribution is 0.0321. The summed E-state index contributed by atoms with van der Waals surface area (Å²) in [4.78, 5) is 2.30. The summed E-state index contributed by atoms with van der Waals surface area (Å²) < 4.78 is 39.0. The first kappa shape index (κ1) is 18.8. The van der Waals surface area contributed by atoms with Crippen LogP contribution in [0.4, 0.5) is 8.78 Å². The number of aryl methyl sites for hydroxylation is 2. The fourth-order valence-electron chi connectivity index (χ4n) is 3.37.